The van der Waals surface area contributed by atoms with Crippen molar-refractivity contribution in [1.29, 1.82) is 0 Å². The summed E-state index contributed by atoms with van der Waals surface area (Å²) in [5, 5.41) is 14.3. The van der Waals surface area contributed by atoms with Crippen LogP contribution in [0.15, 0.2) is 30.8 Å². The molecule has 1 heterocycles. The van der Waals surface area contributed by atoms with E-state index < -0.39 is 0 Å². The van der Waals surface area contributed by atoms with Crippen LogP contribution < -0.4 is 5.32 Å². The van der Waals surface area contributed by atoms with Crippen LogP contribution in [0.1, 0.15) is 5.56 Å². The molecule has 0 saturated heterocycles. The van der Waals surface area contributed by atoms with Crippen molar-refractivity contribution in [3.8, 4) is 0 Å². The number of halogens is 1. The molecule has 0 radical (unpaired) electrons. The summed E-state index contributed by atoms with van der Waals surface area (Å²) in [5.74, 6) is -0.0743. The summed E-state index contributed by atoms with van der Waals surface area (Å²) < 4.78 is 0. The highest BCUT2D eigenvalue weighted by atomic mass is 35.5. The van der Waals surface area contributed by atoms with Crippen LogP contribution in [0.5, 0.6) is 0 Å². The maximum absolute atomic E-state index is 11.7. The highest BCUT2D eigenvalue weighted by Gasteiger charge is 2.07. The Balaban J connectivity index is 1.96. The molecule has 92 valence electrons. The number of hydrogen-bond acceptors (Lipinski definition) is 4. The van der Waals surface area contributed by atoms with Crippen LogP contribution in [-0.4, -0.2) is 26.1 Å². The molecule has 0 aliphatic carbocycles. The van der Waals surface area contributed by atoms with E-state index in [-0.39, 0.29) is 18.3 Å². The minimum atomic E-state index is -0.221. The molecule has 6 nitrogen and oxygen atoms in total. The van der Waals surface area contributed by atoms with Crippen LogP contribution >= 0.6 is 11.6 Å². The van der Waals surface area contributed by atoms with E-state index in [0.717, 1.165) is 10.4 Å². The summed E-state index contributed by atoms with van der Waals surface area (Å²) in [4.78, 5) is 12.8. The second-order valence-electron chi connectivity index (χ2n) is 3.47. The fraction of sp³-hybridized carbons (Fsp3) is 0.0909. The number of nitrogens with one attached hydrogen (secondary N) is 1. The van der Waals surface area contributed by atoms with E-state index in [9.17, 15) is 4.79 Å². The molecule has 2 rings (SSSR count). The van der Waals surface area contributed by atoms with Crippen LogP contribution in [-0.2, 0) is 11.2 Å². The Morgan fingerprint density at radius 2 is 2.17 bits per heavy atom. The van der Waals surface area contributed by atoms with Gasteiger partial charge >= 0.3 is 0 Å². The standard InChI is InChI=1S/C11H10ClN5O/c1-2-17-15-11(14-16-17)13-10(18)7-8-3-5-9(12)6-4-8/h2-6H,1,7H2,(H,13,15,18). The topological polar surface area (TPSA) is 72.7 Å². The van der Waals surface area contributed by atoms with Gasteiger partial charge in [0.25, 0.3) is 5.95 Å². The monoisotopic (exact) mass is 263 g/mol. The molecule has 2 aromatic rings. The predicted molar refractivity (Wildman–Crippen MR) is 68.0 cm³/mol. The molecular weight excluding hydrogens is 254 g/mol. The average Bonchev–Trinajstić information content (AvgIpc) is 2.79. The zero-order valence-electron chi connectivity index (χ0n) is 9.38. The fourth-order valence-electron chi connectivity index (χ4n) is 1.31. The SMILES string of the molecule is C=Cn1nnc(NC(=O)Cc2ccc(Cl)cc2)n1. The number of benzene rings is 1. The minimum Gasteiger partial charge on any atom is -0.292 e. The lowest BCUT2D eigenvalue weighted by atomic mass is 10.1. The van der Waals surface area contributed by atoms with Gasteiger partial charge in [-0.05, 0) is 22.9 Å². The van der Waals surface area contributed by atoms with Crippen LogP contribution in [0.25, 0.3) is 6.20 Å². The van der Waals surface area contributed by atoms with Crippen LogP contribution in [0, 0.1) is 0 Å². The van der Waals surface area contributed by atoms with E-state index in [1.165, 1.54) is 6.20 Å². The lowest BCUT2D eigenvalue weighted by molar-refractivity contribution is -0.115. The number of nitrogens with zero attached hydrogens (tertiary/aromatic N) is 4. The first kappa shape index (κ1) is 12.3. The molecule has 0 unspecified atom stereocenters. The normalized spacial score (nSPS) is 10.1. The number of aromatic nitrogens is 4. The molecule has 1 aromatic carbocycles. The first-order valence-electron chi connectivity index (χ1n) is 5.14. The predicted octanol–water partition coefficient (Wildman–Crippen LogP) is 1.61. The van der Waals surface area contributed by atoms with Gasteiger partial charge in [0.1, 0.15) is 0 Å². The van der Waals surface area contributed by atoms with Gasteiger partial charge in [-0.2, -0.15) is 0 Å². The highest BCUT2D eigenvalue weighted by Crippen LogP contribution is 2.10. The Bertz CT molecular complexity index is 563. The van der Waals surface area contributed by atoms with Crippen LogP contribution in [0.2, 0.25) is 5.02 Å². The smallest absolute Gasteiger partial charge is 0.270 e. The maximum Gasteiger partial charge on any atom is 0.270 e. The van der Waals surface area contributed by atoms with Gasteiger partial charge in [-0.15, -0.1) is 9.90 Å². The molecule has 0 spiro atoms. The molecule has 18 heavy (non-hydrogen) atoms. The molecule has 0 aliphatic heterocycles. The van der Waals surface area contributed by atoms with Gasteiger partial charge in [0.2, 0.25) is 5.91 Å². The van der Waals surface area contributed by atoms with Crippen molar-refractivity contribution >= 4 is 29.7 Å². The van der Waals surface area contributed by atoms with Gasteiger partial charge in [0, 0.05) is 11.2 Å². The molecule has 1 N–H and O–H groups in total. The van der Waals surface area contributed by atoms with Crippen LogP contribution in [0.3, 0.4) is 0 Å². The van der Waals surface area contributed by atoms with Crippen molar-refractivity contribution in [2.75, 3.05) is 5.32 Å². The molecule has 0 bridgehead atoms. The summed E-state index contributed by atoms with van der Waals surface area (Å²) in [6.45, 7) is 3.47. The molecule has 0 atom stereocenters. The van der Waals surface area contributed by atoms with Crippen LogP contribution in [0.4, 0.5) is 5.95 Å². The zero-order valence-corrected chi connectivity index (χ0v) is 10.1. The number of carbonyl (C=O) groups excluding carboxylic acids is 1. The van der Waals surface area contributed by atoms with E-state index in [0.29, 0.717) is 5.02 Å². The molecule has 0 fully saturated rings. The van der Waals surface area contributed by atoms with Crippen molar-refractivity contribution in [2.45, 2.75) is 6.42 Å². The average molecular weight is 264 g/mol. The molecule has 0 aliphatic rings. The second-order valence-corrected chi connectivity index (χ2v) is 3.90. The summed E-state index contributed by atoms with van der Waals surface area (Å²) in [5.41, 5.74) is 0.855. The number of tetrazole rings is 1. The van der Waals surface area contributed by atoms with Gasteiger partial charge < -0.3 is 0 Å². The Labute approximate surface area is 108 Å². The number of rotatable bonds is 4. The minimum absolute atomic E-state index is 0.147. The van der Waals surface area contributed by atoms with Gasteiger partial charge in [-0.3, -0.25) is 10.1 Å². The summed E-state index contributed by atoms with van der Waals surface area (Å²) in [7, 11) is 0. The Morgan fingerprint density at radius 3 is 2.78 bits per heavy atom. The number of carbonyl (C=O) groups is 1. The van der Waals surface area contributed by atoms with Gasteiger partial charge in [-0.1, -0.05) is 35.4 Å². The first-order chi connectivity index (χ1) is 8.67. The van der Waals surface area contributed by atoms with E-state index >= 15 is 0 Å². The lowest BCUT2D eigenvalue weighted by Crippen LogP contribution is -2.15. The Kier molecular flexibility index (Phi) is 3.69. The van der Waals surface area contributed by atoms with E-state index in [1.54, 1.807) is 24.3 Å². The third-order valence-electron chi connectivity index (χ3n) is 2.12. The van der Waals surface area contributed by atoms with Gasteiger partial charge in [0.05, 0.1) is 6.42 Å². The van der Waals surface area contributed by atoms with Gasteiger partial charge in [-0.25, -0.2) is 0 Å². The zero-order chi connectivity index (χ0) is 13.0. The Hall–Kier alpha value is -2.21. The summed E-state index contributed by atoms with van der Waals surface area (Å²) >= 11 is 5.76. The van der Waals surface area contributed by atoms with Gasteiger partial charge in [0.15, 0.2) is 0 Å². The van der Waals surface area contributed by atoms with Crippen molar-refractivity contribution in [3.05, 3.63) is 41.4 Å². The quantitative estimate of drug-likeness (QED) is 0.910. The molecular formula is C11H10ClN5O. The molecule has 7 heteroatoms. The number of anilines is 1. The third kappa shape index (κ3) is 3.14. The third-order valence-corrected chi connectivity index (χ3v) is 2.37. The molecule has 1 aromatic heterocycles. The molecule has 0 saturated carbocycles. The van der Waals surface area contributed by atoms with Crippen molar-refractivity contribution in [1.82, 2.24) is 20.2 Å². The highest BCUT2D eigenvalue weighted by molar-refractivity contribution is 6.30. The molecule has 1 amide bonds. The van der Waals surface area contributed by atoms with Crippen molar-refractivity contribution in [3.63, 3.8) is 0 Å². The van der Waals surface area contributed by atoms with Crippen molar-refractivity contribution < 1.29 is 4.79 Å². The summed E-state index contributed by atoms with van der Waals surface area (Å²) in [6.07, 6.45) is 1.60. The van der Waals surface area contributed by atoms with E-state index in [1.807, 2.05) is 0 Å². The van der Waals surface area contributed by atoms with E-state index in [2.05, 4.69) is 27.3 Å². The Morgan fingerprint density at radius 1 is 1.44 bits per heavy atom. The van der Waals surface area contributed by atoms with E-state index in [4.69, 9.17) is 11.6 Å². The summed E-state index contributed by atoms with van der Waals surface area (Å²) in [6, 6.07) is 7.04. The lowest BCUT2D eigenvalue weighted by Gasteiger charge is -2.01. The largest absolute Gasteiger partial charge is 0.292 e. The van der Waals surface area contributed by atoms with Crippen molar-refractivity contribution in [2.24, 2.45) is 0 Å². The number of amides is 1. The second kappa shape index (κ2) is 5.42. The fourth-order valence-corrected chi connectivity index (χ4v) is 1.44. The maximum atomic E-state index is 11.7. The first-order valence-corrected chi connectivity index (χ1v) is 5.51. The number of hydrogen-bond donors (Lipinski definition) is 1.